The molecule has 168 valence electrons. The Morgan fingerprint density at radius 3 is 2.56 bits per heavy atom. The molecule has 0 saturated carbocycles. The lowest BCUT2D eigenvalue weighted by atomic mass is 10.2. The van der Waals surface area contributed by atoms with Gasteiger partial charge in [0.1, 0.15) is 11.5 Å². The number of thiophene rings is 1. The van der Waals surface area contributed by atoms with Gasteiger partial charge < -0.3 is 10.1 Å². The van der Waals surface area contributed by atoms with Gasteiger partial charge in [0.15, 0.2) is 10.7 Å². The Morgan fingerprint density at radius 2 is 1.91 bits per heavy atom. The monoisotopic (exact) mass is 500 g/mol. The number of benzene rings is 2. The van der Waals surface area contributed by atoms with Crippen molar-refractivity contribution in [2.24, 2.45) is 0 Å². The zero-order valence-corrected chi connectivity index (χ0v) is 18.8. The Bertz CT molecular complexity index is 1260. The SMILES string of the molecule is COc1ccc(Cl)cc1N/C(=C\C(=N)C(F)(F)F)c1ccc(-c2cccc([SH](=O)=O)c2)s1. The third-order valence-corrected chi connectivity index (χ3v) is 6.34. The summed E-state index contributed by atoms with van der Waals surface area (Å²) in [5.41, 5.74) is -0.610. The summed E-state index contributed by atoms with van der Waals surface area (Å²) in [6.45, 7) is 0. The van der Waals surface area contributed by atoms with Crippen molar-refractivity contribution in [3.05, 3.63) is 70.6 Å². The molecule has 2 N–H and O–H groups in total. The number of allylic oxidation sites excluding steroid dienone is 1. The predicted octanol–water partition coefficient (Wildman–Crippen LogP) is 6.08. The van der Waals surface area contributed by atoms with Gasteiger partial charge in [-0.25, -0.2) is 8.42 Å². The van der Waals surface area contributed by atoms with Gasteiger partial charge in [-0.2, -0.15) is 13.2 Å². The van der Waals surface area contributed by atoms with Crippen LogP contribution in [0.3, 0.4) is 0 Å². The summed E-state index contributed by atoms with van der Waals surface area (Å²) in [5, 5.41) is 10.6. The molecule has 0 fully saturated rings. The number of halogens is 4. The summed E-state index contributed by atoms with van der Waals surface area (Å²) in [5.74, 6) is 0.350. The van der Waals surface area contributed by atoms with Crippen LogP contribution in [0, 0.1) is 5.41 Å². The normalized spacial score (nSPS) is 12.1. The predicted molar refractivity (Wildman–Crippen MR) is 122 cm³/mol. The maximum Gasteiger partial charge on any atom is 0.432 e. The quantitative estimate of drug-likeness (QED) is 0.271. The number of alkyl halides is 3. The van der Waals surface area contributed by atoms with E-state index in [0.717, 1.165) is 11.3 Å². The Morgan fingerprint density at radius 1 is 1.16 bits per heavy atom. The molecule has 32 heavy (non-hydrogen) atoms. The molecule has 1 aromatic heterocycles. The summed E-state index contributed by atoms with van der Waals surface area (Å²) in [7, 11) is -1.36. The van der Waals surface area contributed by atoms with Gasteiger partial charge in [0.25, 0.3) is 0 Å². The zero-order valence-electron chi connectivity index (χ0n) is 16.4. The van der Waals surface area contributed by atoms with Gasteiger partial charge in [0.2, 0.25) is 0 Å². The first-order valence-electron chi connectivity index (χ1n) is 8.91. The van der Waals surface area contributed by atoms with Crippen molar-refractivity contribution in [2.45, 2.75) is 11.1 Å². The fourth-order valence-electron chi connectivity index (χ4n) is 2.73. The van der Waals surface area contributed by atoms with Crippen LogP contribution in [0.1, 0.15) is 4.88 Å². The molecule has 0 bridgehead atoms. The number of ether oxygens (including phenoxy) is 1. The van der Waals surface area contributed by atoms with Gasteiger partial charge in [-0.05, 0) is 54.1 Å². The third-order valence-electron chi connectivity index (χ3n) is 4.24. The Balaban J connectivity index is 2.06. The number of methoxy groups -OCH3 is 1. The summed E-state index contributed by atoms with van der Waals surface area (Å²) in [6.07, 6.45) is -4.15. The minimum absolute atomic E-state index is 0.00944. The second kappa shape index (κ2) is 9.76. The summed E-state index contributed by atoms with van der Waals surface area (Å²) in [6, 6.07) is 14.1. The molecule has 1 heterocycles. The van der Waals surface area contributed by atoms with E-state index in [-0.39, 0.29) is 10.6 Å². The second-order valence-electron chi connectivity index (χ2n) is 6.41. The molecule has 0 saturated heterocycles. The first-order valence-corrected chi connectivity index (χ1v) is 11.3. The first-order chi connectivity index (χ1) is 15.1. The number of anilines is 1. The van der Waals surface area contributed by atoms with Crippen molar-refractivity contribution in [1.29, 1.82) is 5.41 Å². The Hall–Kier alpha value is -2.82. The Kier molecular flexibility index (Phi) is 7.27. The maximum atomic E-state index is 13.1. The van der Waals surface area contributed by atoms with E-state index in [1.807, 2.05) is 0 Å². The van der Waals surface area contributed by atoms with E-state index < -0.39 is 22.6 Å². The van der Waals surface area contributed by atoms with Crippen LogP contribution in [-0.2, 0) is 10.7 Å². The van der Waals surface area contributed by atoms with Gasteiger partial charge in [0.05, 0.1) is 28.3 Å². The molecule has 0 radical (unpaired) electrons. The molecule has 3 rings (SSSR count). The molecular weight excluding hydrogens is 485 g/mol. The molecule has 11 heteroatoms. The molecular formula is C21H16ClF3N2O3S2. The maximum absolute atomic E-state index is 13.1. The van der Waals surface area contributed by atoms with E-state index in [2.05, 4.69) is 5.32 Å². The molecule has 0 aliphatic heterocycles. The van der Waals surface area contributed by atoms with Crippen molar-refractivity contribution in [3.8, 4) is 16.2 Å². The molecule has 0 unspecified atom stereocenters. The average Bonchev–Trinajstić information content (AvgIpc) is 3.23. The van der Waals surface area contributed by atoms with Crippen LogP contribution in [0.25, 0.3) is 16.1 Å². The number of rotatable bonds is 7. The lowest BCUT2D eigenvalue weighted by Gasteiger charge is -2.15. The molecule has 3 aromatic rings. The standard InChI is InChI=1S/C21H16ClF3N2O3S2/c1-30-17-6-5-13(22)10-15(17)27-16(11-20(26)21(23,24)25)19-8-7-18(31-19)12-3-2-4-14(9-12)32(28)29/h2-11,26-27,32H,1H3/b16-11-,26-20?. The van der Waals surface area contributed by atoms with E-state index in [0.29, 0.717) is 37.9 Å². The van der Waals surface area contributed by atoms with E-state index in [1.54, 1.807) is 36.4 Å². The minimum atomic E-state index is -4.83. The Labute approximate surface area is 192 Å². The molecule has 0 spiro atoms. The van der Waals surface area contributed by atoms with Crippen LogP contribution >= 0.6 is 22.9 Å². The number of nitrogens with one attached hydrogen (secondary N) is 2. The fourth-order valence-corrected chi connectivity index (χ4v) is 4.33. The molecule has 5 nitrogen and oxygen atoms in total. The van der Waals surface area contributed by atoms with Crippen LogP contribution in [0.2, 0.25) is 5.02 Å². The van der Waals surface area contributed by atoms with E-state index in [9.17, 15) is 21.6 Å². The van der Waals surface area contributed by atoms with Gasteiger partial charge in [-0.1, -0.05) is 23.7 Å². The van der Waals surface area contributed by atoms with Crippen LogP contribution in [0.5, 0.6) is 5.75 Å². The molecule has 2 aromatic carbocycles. The van der Waals surface area contributed by atoms with Crippen molar-refractivity contribution in [2.75, 3.05) is 12.4 Å². The minimum Gasteiger partial charge on any atom is -0.495 e. The van der Waals surface area contributed by atoms with Gasteiger partial charge >= 0.3 is 6.18 Å². The lowest BCUT2D eigenvalue weighted by Crippen LogP contribution is -2.20. The van der Waals surface area contributed by atoms with Crippen LogP contribution in [0.15, 0.2) is 65.6 Å². The highest BCUT2D eigenvalue weighted by atomic mass is 35.5. The second-order valence-corrected chi connectivity index (χ2v) is 8.96. The molecule has 0 aliphatic rings. The highest BCUT2D eigenvalue weighted by Crippen LogP contribution is 2.36. The number of thiol groups is 1. The molecule has 0 aliphatic carbocycles. The highest BCUT2D eigenvalue weighted by Gasteiger charge is 2.33. The van der Waals surface area contributed by atoms with E-state index in [4.69, 9.17) is 21.7 Å². The largest absolute Gasteiger partial charge is 0.495 e. The van der Waals surface area contributed by atoms with Crippen LogP contribution in [0.4, 0.5) is 18.9 Å². The highest BCUT2D eigenvalue weighted by molar-refractivity contribution is 7.72. The lowest BCUT2D eigenvalue weighted by molar-refractivity contribution is -0.0583. The fraction of sp³-hybridized carbons (Fsp3) is 0.0952. The summed E-state index contributed by atoms with van der Waals surface area (Å²) >= 11 is 7.16. The van der Waals surface area contributed by atoms with E-state index >= 15 is 0 Å². The van der Waals surface area contributed by atoms with Gasteiger partial charge in [0, 0.05) is 9.90 Å². The summed E-state index contributed by atoms with van der Waals surface area (Å²) in [4.78, 5) is 1.17. The van der Waals surface area contributed by atoms with Crippen molar-refractivity contribution in [1.82, 2.24) is 0 Å². The number of hydrogen-bond donors (Lipinski definition) is 3. The third kappa shape index (κ3) is 5.70. The average molecular weight is 501 g/mol. The van der Waals surface area contributed by atoms with Gasteiger partial charge in [-0.3, -0.25) is 5.41 Å². The summed E-state index contributed by atoms with van der Waals surface area (Å²) < 4.78 is 67.0. The van der Waals surface area contributed by atoms with E-state index in [1.165, 1.54) is 25.3 Å². The topological polar surface area (TPSA) is 79.2 Å². The van der Waals surface area contributed by atoms with Crippen molar-refractivity contribution in [3.63, 3.8) is 0 Å². The smallest absolute Gasteiger partial charge is 0.432 e. The molecule has 0 amide bonds. The number of hydrogen-bond acceptors (Lipinski definition) is 6. The molecule has 0 atom stereocenters. The zero-order chi connectivity index (χ0) is 23.5. The van der Waals surface area contributed by atoms with Crippen molar-refractivity contribution >= 4 is 50.7 Å². The van der Waals surface area contributed by atoms with Gasteiger partial charge in [-0.15, -0.1) is 11.3 Å². The van der Waals surface area contributed by atoms with Crippen molar-refractivity contribution < 1.29 is 26.3 Å². The first kappa shape index (κ1) is 23.8. The van der Waals surface area contributed by atoms with Crippen LogP contribution < -0.4 is 10.1 Å². The van der Waals surface area contributed by atoms with Crippen LogP contribution in [-0.4, -0.2) is 27.4 Å².